The van der Waals surface area contributed by atoms with Gasteiger partial charge in [-0.05, 0) is 106 Å². The summed E-state index contributed by atoms with van der Waals surface area (Å²) in [5.74, 6) is -3.44. The summed E-state index contributed by atoms with van der Waals surface area (Å²) in [4.78, 5) is 88.3. The molecule has 15 heteroatoms. The number of nitrogens with two attached hydrogens (primary N) is 2. The van der Waals surface area contributed by atoms with Crippen molar-refractivity contribution < 1.29 is 39.0 Å². The lowest BCUT2D eigenvalue weighted by Gasteiger charge is -2.57. The molecule has 0 spiro atoms. The SMILES string of the molecule is Cc1cccc(N(C2CCCN2[C@@]2(C(=O)NC(=O)O)c3ccc(cc3)CC2(C)C(N)=O)C2CCCN2[C@@]2(C(=O)NC(=O)O)c3ccc(cc3)CC2(C)C(N)=O)c1C. The van der Waals surface area contributed by atoms with Crippen LogP contribution in [0.2, 0.25) is 0 Å². The minimum Gasteiger partial charge on any atom is -0.465 e. The first-order valence-corrected chi connectivity index (χ1v) is 19.2. The Bertz CT molecular complexity index is 2050. The molecular weight excluding hydrogens is 731 g/mol. The average molecular weight is 780 g/mol. The summed E-state index contributed by atoms with van der Waals surface area (Å²) >= 11 is 0. The predicted octanol–water partition coefficient (Wildman–Crippen LogP) is 3.43. The first-order valence-electron chi connectivity index (χ1n) is 19.2. The molecule has 8 N–H and O–H groups in total. The molecule has 4 unspecified atom stereocenters. The number of anilines is 1. The number of imide groups is 2. The maximum Gasteiger partial charge on any atom is 0.411 e. The molecule has 57 heavy (non-hydrogen) atoms. The molecule has 2 heterocycles. The van der Waals surface area contributed by atoms with E-state index in [9.17, 15) is 39.0 Å². The van der Waals surface area contributed by atoms with Crippen LogP contribution in [-0.2, 0) is 43.1 Å². The number of aryl methyl sites for hydroxylation is 1. The molecule has 2 fully saturated rings. The fourth-order valence-electron chi connectivity index (χ4n) is 10.7. The number of fused-ring (bicyclic) bond motifs is 8. The Labute approximate surface area is 330 Å². The third-order valence-corrected chi connectivity index (χ3v) is 13.4. The number of hydrogen-bond acceptors (Lipinski definition) is 9. The number of amides is 6. The first kappa shape index (κ1) is 39.4. The van der Waals surface area contributed by atoms with Crippen molar-refractivity contribution in [2.45, 2.75) is 89.6 Å². The summed E-state index contributed by atoms with van der Waals surface area (Å²) in [7, 11) is 0. The molecular formula is C42H49N7O8. The lowest BCUT2D eigenvalue weighted by atomic mass is 9.63. The normalized spacial score (nSPS) is 29.3. The van der Waals surface area contributed by atoms with Crippen molar-refractivity contribution in [2.24, 2.45) is 22.3 Å². The number of nitrogens with zero attached hydrogens (tertiary/aromatic N) is 3. The number of rotatable bonds is 9. The summed E-state index contributed by atoms with van der Waals surface area (Å²) in [6.45, 7) is 7.64. The summed E-state index contributed by atoms with van der Waals surface area (Å²) in [6, 6.07) is 20.0. The Balaban J connectivity index is 1.51. The van der Waals surface area contributed by atoms with E-state index in [4.69, 9.17) is 11.5 Å². The summed E-state index contributed by atoms with van der Waals surface area (Å²) in [5, 5.41) is 24.3. The quantitative estimate of drug-likeness (QED) is 0.184. The second kappa shape index (κ2) is 14.0. The van der Waals surface area contributed by atoms with Crippen molar-refractivity contribution in [1.29, 1.82) is 0 Å². The number of nitrogens with one attached hydrogen (secondary N) is 2. The molecule has 0 radical (unpaired) electrons. The molecule has 2 aliphatic heterocycles. The van der Waals surface area contributed by atoms with Crippen molar-refractivity contribution in [3.8, 4) is 0 Å². The van der Waals surface area contributed by atoms with Crippen LogP contribution in [0.25, 0.3) is 0 Å². The topological polar surface area (TPSA) is 229 Å². The Kier molecular flexibility index (Phi) is 9.68. The van der Waals surface area contributed by atoms with Crippen LogP contribution in [0.5, 0.6) is 0 Å². The molecule has 9 rings (SSSR count). The molecule has 3 aromatic rings. The van der Waals surface area contributed by atoms with E-state index in [1.165, 1.54) is 0 Å². The van der Waals surface area contributed by atoms with Gasteiger partial charge in [-0.1, -0.05) is 60.7 Å². The molecule has 300 valence electrons. The van der Waals surface area contributed by atoms with Crippen LogP contribution in [0, 0.1) is 24.7 Å². The van der Waals surface area contributed by atoms with Crippen LogP contribution in [-0.4, -0.2) is 81.2 Å². The maximum atomic E-state index is 14.9. The number of primary amides is 2. The Morgan fingerprint density at radius 2 is 1.07 bits per heavy atom. The zero-order valence-electron chi connectivity index (χ0n) is 32.5. The molecule has 0 aromatic heterocycles. The molecule has 2 saturated heterocycles. The van der Waals surface area contributed by atoms with Crippen LogP contribution < -0.4 is 27.0 Å². The minimum atomic E-state index is -1.94. The van der Waals surface area contributed by atoms with Crippen molar-refractivity contribution >= 4 is 41.5 Å². The first-order chi connectivity index (χ1) is 26.9. The largest absolute Gasteiger partial charge is 0.465 e. The lowest BCUT2D eigenvalue weighted by molar-refractivity contribution is -0.159. The standard InChI is InChI=1S/C42H49N7O8/c1-24-8-5-9-30(25(24)2)49(31-10-6-20-47(31)41(35(52)45-37(54)55)28-16-12-26(13-17-28)22-39(41,3)33(43)50)32-11-7-21-48(32)42(36(53)46-38(56)57)29-18-14-27(15-19-29)23-40(42,4)34(44)51/h5,8-9,12-19,31-32H,6-7,10-11,20-23H2,1-4H3,(H2,43,50)(H2,44,51)(H,45,52)(H,46,53)(H,54,55)(H,56,57)/t31?,32?,39?,40?,41-,42-/m1/s1. The van der Waals surface area contributed by atoms with E-state index >= 15 is 0 Å². The van der Waals surface area contributed by atoms with Gasteiger partial charge in [0.05, 0.1) is 23.2 Å². The van der Waals surface area contributed by atoms with Gasteiger partial charge in [0.15, 0.2) is 0 Å². The van der Waals surface area contributed by atoms with Crippen LogP contribution in [0.1, 0.15) is 72.9 Å². The number of likely N-dealkylation sites (tertiary alicyclic amines) is 2. The average Bonchev–Trinajstić information content (AvgIpc) is 3.72. The zero-order chi connectivity index (χ0) is 41.2. The molecule has 6 atom stereocenters. The summed E-state index contributed by atoms with van der Waals surface area (Å²) in [5.41, 5.74) is 10.2. The Hall–Kier alpha value is -5.80. The fourth-order valence-corrected chi connectivity index (χ4v) is 10.7. The number of carboxylic acid groups (broad SMARTS) is 2. The minimum absolute atomic E-state index is 0.0411. The third kappa shape index (κ3) is 5.61. The van der Waals surface area contributed by atoms with E-state index in [-0.39, 0.29) is 25.9 Å². The molecule has 6 amide bonds. The van der Waals surface area contributed by atoms with Gasteiger partial charge in [0.25, 0.3) is 11.8 Å². The predicted molar refractivity (Wildman–Crippen MR) is 208 cm³/mol. The number of carbonyl (C=O) groups excluding carboxylic acids is 4. The number of hydrogen-bond donors (Lipinski definition) is 6. The Morgan fingerprint density at radius 3 is 1.44 bits per heavy atom. The fraction of sp³-hybridized carbons (Fsp3) is 0.429. The highest BCUT2D eigenvalue weighted by atomic mass is 16.4. The van der Waals surface area contributed by atoms with Crippen LogP contribution in [0.3, 0.4) is 0 Å². The molecule has 4 aliphatic carbocycles. The van der Waals surface area contributed by atoms with Gasteiger partial charge in [-0.3, -0.25) is 39.6 Å². The van der Waals surface area contributed by atoms with Crippen LogP contribution in [0.15, 0.2) is 66.7 Å². The second-order valence-electron chi connectivity index (χ2n) is 16.3. The van der Waals surface area contributed by atoms with Crippen molar-refractivity contribution in [1.82, 2.24) is 20.4 Å². The second-order valence-corrected chi connectivity index (χ2v) is 16.3. The van der Waals surface area contributed by atoms with Gasteiger partial charge in [-0.15, -0.1) is 0 Å². The third-order valence-electron chi connectivity index (χ3n) is 13.4. The van der Waals surface area contributed by atoms with Crippen molar-refractivity contribution in [2.75, 3.05) is 18.0 Å². The molecule has 4 bridgehead atoms. The van der Waals surface area contributed by atoms with Crippen molar-refractivity contribution in [3.63, 3.8) is 0 Å². The highest BCUT2D eigenvalue weighted by molar-refractivity contribution is 6.04. The molecule has 3 aromatic carbocycles. The van der Waals surface area contributed by atoms with E-state index in [0.717, 1.165) is 27.9 Å². The van der Waals surface area contributed by atoms with Gasteiger partial charge in [0.2, 0.25) is 11.8 Å². The van der Waals surface area contributed by atoms with E-state index in [0.29, 0.717) is 36.8 Å². The molecule has 0 saturated carbocycles. The number of carbonyl (C=O) groups is 6. The van der Waals surface area contributed by atoms with Gasteiger partial charge in [0, 0.05) is 18.8 Å². The van der Waals surface area contributed by atoms with E-state index in [1.807, 2.05) is 66.1 Å². The summed E-state index contributed by atoms with van der Waals surface area (Å²) < 4.78 is 0. The summed E-state index contributed by atoms with van der Waals surface area (Å²) in [6.07, 6.45) is -2.66. The monoisotopic (exact) mass is 779 g/mol. The maximum absolute atomic E-state index is 14.9. The molecule has 15 nitrogen and oxygen atoms in total. The lowest BCUT2D eigenvalue weighted by Crippen LogP contribution is -2.74. The Morgan fingerprint density at radius 1 is 0.667 bits per heavy atom. The van der Waals surface area contributed by atoms with Gasteiger partial charge in [-0.2, -0.15) is 0 Å². The van der Waals surface area contributed by atoms with Crippen molar-refractivity contribution in [3.05, 3.63) is 100 Å². The van der Waals surface area contributed by atoms with Gasteiger partial charge in [-0.25, -0.2) is 9.59 Å². The van der Waals surface area contributed by atoms with Gasteiger partial charge in [0.1, 0.15) is 11.1 Å². The molecule has 6 aliphatic rings. The van der Waals surface area contributed by atoms with Crippen LogP contribution >= 0.6 is 0 Å². The zero-order valence-corrected chi connectivity index (χ0v) is 32.5. The smallest absolute Gasteiger partial charge is 0.411 e. The van der Waals surface area contributed by atoms with Gasteiger partial charge >= 0.3 is 12.2 Å². The van der Waals surface area contributed by atoms with Crippen LogP contribution in [0.4, 0.5) is 15.3 Å². The highest BCUT2D eigenvalue weighted by Crippen LogP contribution is 2.56. The highest BCUT2D eigenvalue weighted by Gasteiger charge is 2.68. The van der Waals surface area contributed by atoms with Gasteiger partial charge < -0.3 is 26.6 Å². The number of benzene rings is 3. The van der Waals surface area contributed by atoms with E-state index in [1.54, 1.807) is 38.1 Å². The van der Waals surface area contributed by atoms with E-state index < -0.39 is 70.1 Å². The van der Waals surface area contributed by atoms with E-state index in [2.05, 4.69) is 15.5 Å².